The summed E-state index contributed by atoms with van der Waals surface area (Å²) in [6.45, 7) is 13.0. The van der Waals surface area contributed by atoms with Gasteiger partial charge in [0.15, 0.2) is 0 Å². The molecular weight excluding hydrogens is 456 g/mol. The Kier molecular flexibility index (Phi) is 5.69. The van der Waals surface area contributed by atoms with E-state index >= 15 is 0 Å². The van der Waals surface area contributed by atoms with Crippen LogP contribution in [0.1, 0.15) is 92.9 Å². The Morgan fingerprint density at radius 3 is 2.17 bits per heavy atom. The highest BCUT2D eigenvalue weighted by atomic mass is 16.4. The van der Waals surface area contributed by atoms with E-state index in [1.54, 1.807) is 6.92 Å². The van der Waals surface area contributed by atoms with Gasteiger partial charge >= 0.3 is 11.9 Å². The Balaban J connectivity index is 1.63. The van der Waals surface area contributed by atoms with Crippen LogP contribution in [0, 0.1) is 56.7 Å². The fourth-order valence-corrected chi connectivity index (χ4v) is 10.9. The predicted octanol–water partition coefficient (Wildman–Crippen LogP) is 5.13. The van der Waals surface area contributed by atoms with Crippen LogP contribution in [-0.2, 0) is 9.59 Å². The first-order valence-electron chi connectivity index (χ1n) is 14.1. The summed E-state index contributed by atoms with van der Waals surface area (Å²) < 4.78 is 0. The van der Waals surface area contributed by atoms with Crippen molar-refractivity contribution < 1.29 is 30.0 Å². The second kappa shape index (κ2) is 7.81. The van der Waals surface area contributed by atoms with Gasteiger partial charge in [-0.2, -0.15) is 0 Å². The molecule has 0 heterocycles. The second-order valence-corrected chi connectivity index (χ2v) is 14.4. The zero-order valence-electron chi connectivity index (χ0n) is 22.9. The maximum Gasteiger partial charge on any atom is 0.312 e. The first-order valence-corrected chi connectivity index (χ1v) is 14.1. The maximum atomic E-state index is 12.8. The monoisotopic (exact) mass is 502 g/mol. The van der Waals surface area contributed by atoms with Gasteiger partial charge in [-0.1, -0.05) is 46.3 Å². The Labute approximate surface area is 215 Å². The van der Waals surface area contributed by atoms with Crippen LogP contribution in [0.25, 0.3) is 0 Å². The number of fused-ring (bicyclic) bond motifs is 7. The van der Waals surface area contributed by atoms with Gasteiger partial charge in [-0.15, -0.1) is 0 Å². The molecule has 202 valence electrons. The molecule has 0 amide bonds. The Morgan fingerprint density at radius 1 is 0.889 bits per heavy atom. The van der Waals surface area contributed by atoms with Crippen molar-refractivity contribution in [1.29, 1.82) is 0 Å². The minimum absolute atomic E-state index is 0.0314. The zero-order valence-corrected chi connectivity index (χ0v) is 22.9. The molecule has 4 saturated carbocycles. The molecule has 0 bridgehead atoms. The van der Waals surface area contributed by atoms with E-state index in [2.05, 4.69) is 40.7 Å². The molecule has 0 aliphatic heterocycles. The van der Waals surface area contributed by atoms with Crippen LogP contribution in [0.2, 0.25) is 0 Å². The molecule has 0 aromatic carbocycles. The minimum atomic E-state index is -1.39. The number of carboxylic acid groups (broad SMARTS) is 2. The largest absolute Gasteiger partial charge is 0.481 e. The van der Waals surface area contributed by atoms with E-state index in [0.29, 0.717) is 31.1 Å². The fraction of sp³-hybridized carbons (Fsp3) is 0.867. The molecule has 5 rings (SSSR count). The molecule has 12 atom stereocenters. The molecule has 5 aliphatic carbocycles. The number of rotatable bonds is 2. The number of hydrogen-bond acceptors (Lipinski definition) is 4. The second-order valence-electron chi connectivity index (χ2n) is 14.4. The van der Waals surface area contributed by atoms with E-state index in [9.17, 15) is 30.0 Å². The Bertz CT molecular complexity index is 1010. The molecule has 5 aliphatic rings. The normalized spacial score (nSPS) is 56.3. The van der Waals surface area contributed by atoms with Crippen molar-refractivity contribution in [3.8, 4) is 0 Å². The van der Waals surface area contributed by atoms with Gasteiger partial charge in [-0.3, -0.25) is 9.59 Å². The third kappa shape index (κ3) is 2.86. The molecule has 0 radical (unpaired) electrons. The van der Waals surface area contributed by atoms with Crippen molar-refractivity contribution in [3.63, 3.8) is 0 Å². The van der Waals surface area contributed by atoms with Crippen LogP contribution in [0.4, 0.5) is 0 Å². The van der Waals surface area contributed by atoms with Gasteiger partial charge < -0.3 is 20.4 Å². The average molecular weight is 503 g/mol. The van der Waals surface area contributed by atoms with Crippen LogP contribution < -0.4 is 0 Å². The summed E-state index contributed by atoms with van der Waals surface area (Å²) >= 11 is 0. The summed E-state index contributed by atoms with van der Waals surface area (Å²) in [7, 11) is 0. The molecule has 0 saturated heterocycles. The molecule has 4 N–H and O–H groups in total. The molecule has 6 nitrogen and oxygen atoms in total. The lowest BCUT2D eigenvalue weighted by atomic mass is 9.33. The quantitative estimate of drug-likeness (QED) is 0.389. The molecule has 36 heavy (non-hydrogen) atoms. The number of aliphatic hydroxyl groups is 2. The van der Waals surface area contributed by atoms with E-state index in [1.165, 1.54) is 5.57 Å². The van der Waals surface area contributed by atoms with Crippen molar-refractivity contribution in [2.24, 2.45) is 56.7 Å². The van der Waals surface area contributed by atoms with E-state index in [4.69, 9.17) is 0 Å². The Hall–Kier alpha value is -1.40. The summed E-state index contributed by atoms with van der Waals surface area (Å²) in [5, 5.41) is 42.6. The highest BCUT2D eigenvalue weighted by Gasteiger charge is 2.72. The van der Waals surface area contributed by atoms with E-state index < -0.39 is 40.4 Å². The van der Waals surface area contributed by atoms with Gasteiger partial charge in [-0.25, -0.2) is 0 Å². The van der Waals surface area contributed by atoms with Crippen LogP contribution in [0.15, 0.2) is 11.6 Å². The number of aliphatic carboxylic acids is 2. The lowest BCUT2D eigenvalue weighted by Crippen LogP contribution is -2.69. The molecule has 0 spiro atoms. The SMILES string of the molecule is C[C@@H]1CCC2(C(=O)O)CC[C@]3(C)C(=CCC4[C@@]5(C)C[C@@H](O)[C@H](O)[C@@](C)(C(=O)O)C5CC[C@]43C)C2[C@H]1C. The van der Waals surface area contributed by atoms with Gasteiger partial charge in [0.2, 0.25) is 0 Å². The molecule has 4 unspecified atom stereocenters. The number of hydrogen-bond donors (Lipinski definition) is 4. The number of carboxylic acids is 2. The lowest BCUT2D eigenvalue weighted by molar-refractivity contribution is -0.240. The summed E-state index contributed by atoms with van der Waals surface area (Å²) in [6, 6.07) is 0. The minimum Gasteiger partial charge on any atom is -0.481 e. The predicted molar refractivity (Wildman–Crippen MR) is 136 cm³/mol. The van der Waals surface area contributed by atoms with E-state index in [0.717, 1.165) is 32.1 Å². The first kappa shape index (κ1) is 26.2. The van der Waals surface area contributed by atoms with Crippen LogP contribution in [0.3, 0.4) is 0 Å². The van der Waals surface area contributed by atoms with Gasteiger partial charge in [0.05, 0.1) is 23.0 Å². The molecular formula is C30H46O6. The van der Waals surface area contributed by atoms with Crippen molar-refractivity contribution in [2.45, 2.75) is 105 Å². The van der Waals surface area contributed by atoms with Gasteiger partial charge in [0.25, 0.3) is 0 Å². The van der Waals surface area contributed by atoms with Crippen LogP contribution >= 0.6 is 0 Å². The lowest BCUT2D eigenvalue weighted by Gasteiger charge is -2.71. The van der Waals surface area contributed by atoms with Crippen LogP contribution in [-0.4, -0.2) is 44.6 Å². The highest BCUT2D eigenvalue weighted by molar-refractivity contribution is 5.77. The average Bonchev–Trinajstić information content (AvgIpc) is 2.80. The smallest absolute Gasteiger partial charge is 0.312 e. The highest BCUT2D eigenvalue weighted by Crippen LogP contribution is 2.75. The number of carbonyl (C=O) groups is 2. The molecule has 0 aromatic heterocycles. The summed E-state index contributed by atoms with van der Waals surface area (Å²) in [4.78, 5) is 25.4. The summed E-state index contributed by atoms with van der Waals surface area (Å²) in [6.07, 6.45) is 5.95. The van der Waals surface area contributed by atoms with Gasteiger partial charge in [0, 0.05) is 0 Å². The standard InChI is InChI=1S/C30H46O6/c1-16-9-12-30(25(35)36)14-13-27(4)18(22(30)17(16)2)7-8-20-26(3)15-19(31)23(32)29(6,24(33)34)21(26)10-11-28(20,27)5/h7,16-17,19-23,31-32H,8-15H2,1-6H3,(H,33,34)(H,35,36)/t16-,17+,19-,20?,21?,22?,23+,26-,27-,28-,29+,30?/m1/s1. The number of allylic oxidation sites excluding steroid dienone is 2. The van der Waals surface area contributed by atoms with Crippen molar-refractivity contribution in [3.05, 3.63) is 11.6 Å². The number of aliphatic hydroxyl groups excluding tert-OH is 2. The third-order valence-electron chi connectivity index (χ3n) is 13.5. The zero-order chi connectivity index (χ0) is 26.6. The summed E-state index contributed by atoms with van der Waals surface area (Å²) in [5.74, 6) is -0.922. The van der Waals surface area contributed by atoms with E-state index in [-0.39, 0.29) is 28.6 Å². The third-order valence-corrected chi connectivity index (χ3v) is 13.5. The fourth-order valence-electron chi connectivity index (χ4n) is 10.9. The maximum absolute atomic E-state index is 12.8. The summed E-state index contributed by atoms with van der Waals surface area (Å²) in [5.41, 5.74) is -1.47. The Morgan fingerprint density at radius 2 is 1.56 bits per heavy atom. The molecule has 6 heteroatoms. The van der Waals surface area contributed by atoms with E-state index in [1.807, 2.05) is 0 Å². The van der Waals surface area contributed by atoms with Gasteiger partial charge in [0.1, 0.15) is 0 Å². The first-order chi connectivity index (χ1) is 16.6. The van der Waals surface area contributed by atoms with Crippen molar-refractivity contribution in [2.75, 3.05) is 0 Å². The van der Waals surface area contributed by atoms with Crippen LogP contribution in [0.5, 0.6) is 0 Å². The van der Waals surface area contributed by atoms with Crippen molar-refractivity contribution >= 4 is 11.9 Å². The molecule has 0 aromatic rings. The van der Waals surface area contributed by atoms with Gasteiger partial charge in [-0.05, 0) is 104 Å². The van der Waals surface area contributed by atoms with Crippen molar-refractivity contribution in [1.82, 2.24) is 0 Å². The molecule has 4 fully saturated rings. The topological polar surface area (TPSA) is 115 Å².